The summed E-state index contributed by atoms with van der Waals surface area (Å²) in [7, 11) is 0. The van der Waals surface area contributed by atoms with E-state index in [1.54, 1.807) is 6.07 Å². The number of nitrogens with two attached hydrogens (primary N) is 2. The van der Waals surface area contributed by atoms with E-state index in [-0.39, 0.29) is 0 Å². The fourth-order valence-electron chi connectivity index (χ4n) is 1.57. The molecule has 0 atom stereocenters. The molecule has 0 unspecified atom stereocenters. The van der Waals surface area contributed by atoms with Crippen LogP contribution in [0.3, 0.4) is 0 Å². The summed E-state index contributed by atoms with van der Waals surface area (Å²) in [5.41, 5.74) is 6.73. The van der Waals surface area contributed by atoms with E-state index in [0.29, 0.717) is 17.3 Å². The van der Waals surface area contributed by atoms with Crippen molar-refractivity contribution in [3.63, 3.8) is 0 Å². The summed E-state index contributed by atoms with van der Waals surface area (Å²) in [6.45, 7) is 2.05. The van der Waals surface area contributed by atoms with Crippen LogP contribution in [0.15, 0.2) is 18.2 Å². The first-order chi connectivity index (χ1) is 7.78. The first kappa shape index (κ1) is 10.6. The Hall–Kier alpha value is -1.92. The summed E-state index contributed by atoms with van der Waals surface area (Å²) < 4.78 is 0. The highest BCUT2D eigenvalue weighted by Crippen LogP contribution is 2.20. The molecule has 0 amide bonds. The smallest absolute Gasteiger partial charge is 0.163 e. The number of aromatic nitrogens is 2. The number of hydrogen-bond acceptors (Lipinski definition) is 6. The topological polar surface area (TPSA) is 102 Å². The van der Waals surface area contributed by atoms with Gasteiger partial charge in [0.15, 0.2) is 5.65 Å². The molecular formula is C10H14N6. The Bertz CT molecular complexity index is 510. The first-order valence-electron chi connectivity index (χ1n) is 5.02. The van der Waals surface area contributed by atoms with Gasteiger partial charge in [0.05, 0.1) is 0 Å². The molecule has 0 aromatic carbocycles. The Kier molecular flexibility index (Phi) is 2.84. The van der Waals surface area contributed by atoms with Crippen molar-refractivity contribution in [2.75, 3.05) is 10.9 Å². The van der Waals surface area contributed by atoms with Crippen LogP contribution in [0.1, 0.15) is 12.5 Å². The lowest BCUT2D eigenvalue weighted by Gasteiger charge is -2.08. The molecule has 0 aliphatic heterocycles. The fraction of sp³-hybridized carbons (Fsp3) is 0.200. The van der Waals surface area contributed by atoms with Crippen LogP contribution in [0, 0.1) is 0 Å². The predicted molar refractivity (Wildman–Crippen MR) is 64.5 cm³/mol. The quantitative estimate of drug-likeness (QED) is 0.448. The molecule has 2 aromatic rings. The van der Waals surface area contributed by atoms with E-state index in [2.05, 4.69) is 20.8 Å². The summed E-state index contributed by atoms with van der Waals surface area (Å²) in [4.78, 5) is 8.57. The van der Waals surface area contributed by atoms with Gasteiger partial charge in [-0.1, -0.05) is 6.92 Å². The Morgan fingerprint density at radius 3 is 2.62 bits per heavy atom. The number of nitrogens with zero attached hydrogens (tertiary/aromatic N) is 2. The Labute approximate surface area is 93.0 Å². The summed E-state index contributed by atoms with van der Waals surface area (Å²) in [6.07, 6.45) is 0.860. The molecule has 0 saturated carbocycles. The van der Waals surface area contributed by atoms with E-state index in [4.69, 9.17) is 11.7 Å². The standard InChI is InChI=1S/C10H14N6/c1-2-6-5-7-3-4-8(15-11)13-9(7)14-10(6)16-12/h3-5H,2,11-12H2,1H3,(H2,13,14,15,16). The second-order valence-electron chi connectivity index (χ2n) is 3.38. The molecule has 0 bridgehead atoms. The molecule has 0 saturated heterocycles. The molecular weight excluding hydrogens is 204 g/mol. The number of pyridine rings is 2. The molecule has 0 fully saturated rings. The van der Waals surface area contributed by atoms with Gasteiger partial charge in [-0.2, -0.15) is 0 Å². The van der Waals surface area contributed by atoms with Crippen LogP contribution in [0.2, 0.25) is 0 Å². The third-order valence-electron chi connectivity index (χ3n) is 2.42. The highest BCUT2D eigenvalue weighted by Gasteiger charge is 2.05. The van der Waals surface area contributed by atoms with Crippen molar-refractivity contribution in [2.24, 2.45) is 11.7 Å². The average molecular weight is 218 g/mol. The molecule has 16 heavy (non-hydrogen) atoms. The number of nitrogen functional groups attached to an aromatic ring is 2. The molecule has 6 nitrogen and oxygen atoms in total. The van der Waals surface area contributed by atoms with Crippen molar-refractivity contribution in [2.45, 2.75) is 13.3 Å². The zero-order valence-electron chi connectivity index (χ0n) is 8.99. The lowest BCUT2D eigenvalue weighted by Crippen LogP contribution is -2.12. The molecule has 2 heterocycles. The summed E-state index contributed by atoms with van der Waals surface area (Å²) >= 11 is 0. The number of fused-ring (bicyclic) bond motifs is 1. The monoisotopic (exact) mass is 218 g/mol. The molecule has 2 rings (SSSR count). The van der Waals surface area contributed by atoms with Crippen molar-refractivity contribution >= 4 is 22.7 Å². The van der Waals surface area contributed by atoms with E-state index < -0.39 is 0 Å². The highest BCUT2D eigenvalue weighted by molar-refractivity contribution is 5.79. The van der Waals surface area contributed by atoms with Gasteiger partial charge in [-0.15, -0.1) is 0 Å². The highest BCUT2D eigenvalue weighted by atomic mass is 15.3. The van der Waals surface area contributed by atoms with Gasteiger partial charge in [0.25, 0.3) is 0 Å². The van der Waals surface area contributed by atoms with E-state index >= 15 is 0 Å². The number of aryl methyl sites for hydroxylation is 1. The van der Waals surface area contributed by atoms with Gasteiger partial charge in [-0.25, -0.2) is 21.7 Å². The van der Waals surface area contributed by atoms with Crippen molar-refractivity contribution in [3.05, 3.63) is 23.8 Å². The largest absolute Gasteiger partial charge is 0.308 e. The molecule has 0 spiro atoms. The van der Waals surface area contributed by atoms with Crippen molar-refractivity contribution < 1.29 is 0 Å². The number of rotatable bonds is 3. The lowest BCUT2D eigenvalue weighted by atomic mass is 10.1. The van der Waals surface area contributed by atoms with E-state index in [9.17, 15) is 0 Å². The number of hydrazine groups is 2. The molecule has 0 radical (unpaired) electrons. The van der Waals surface area contributed by atoms with Crippen molar-refractivity contribution in [1.82, 2.24) is 9.97 Å². The van der Waals surface area contributed by atoms with Crippen LogP contribution in [-0.4, -0.2) is 9.97 Å². The maximum atomic E-state index is 5.41. The number of nitrogens with one attached hydrogen (secondary N) is 2. The van der Waals surface area contributed by atoms with Crippen LogP contribution in [0.25, 0.3) is 11.0 Å². The zero-order valence-corrected chi connectivity index (χ0v) is 8.99. The molecule has 6 N–H and O–H groups in total. The third kappa shape index (κ3) is 1.75. The Morgan fingerprint density at radius 1 is 1.19 bits per heavy atom. The van der Waals surface area contributed by atoms with Gasteiger partial charge in [-0.3, -0.25) is 0 Å². The minimum Gasteiger partial charge on any atom is -0.308 e. The normalized spacial score (nSPS) is 10.4. The average Bonchev–Trinajstić information content (AvgIpc) is 2.36. The van der Waals surface area contributed by atoms with Gasteiger partial charge in [-0.05, 0) is 30.2 Å². The van der Waals surface area contributed by atoms with Crippen LogP contribution in [-0.2, 0) is 6.42 Å². The number of hydrogen-bond donors (Lipinski definition) is 4. The minimum absolute atomic E-state index is 0.576. The van der Waals surface area contributed by atoms with Crippen molar-refractivity contribution in [1.29, 1.82) is 0 Å². The SMILES string of the molecule is CCc1cc2ccc(NN)nc2nc1NN. The molecule has 2 aromatic heterocycles. The summed E-state index contributed by atoms with van der Waals surface area (Å²) in [6, 6.07) is 5.74. The first-order valence-corrected chi connectivity index (χ1v) is 5.02. The van der Waals surface area contributed by atoms with Crippen LogP contribution in [0.4, 0.5) is 11.6 Å². The van der Waals surface area contributed by atoms with Gasteiger partial charge in [0, 0.05) is 5.39 Å². The number of anilines is 2. The van der Waals surface area contributed by atoms with Gasteiger partial charge < -0.3 is 10.9 Å². The summed E-state index contributed by atoms with van der Waals surface area (Å²) in [5, 5.41) is 0.967. The molecule has 84 valence electrons. The van der Waals surface area contributed by atoms with Gasteiger partial charge in [0.2, 0.25) is 0 Å². The van der Waals surface area contributed by atoms with Crippen LogP contribution < -0.4 is 22.5 Å². The van der Waals surface area contributed by atoms with Gasteiger partial charge in [0.1, 0.15) is 11.6 Å². The maximum Gasteiger partial charge on any atom is 0.163 e. The molecule has 6 heteroatoms. The van der Waals surface area contributed by atoms with Crippen molar-refractivity contribution in [3.8, 4) is 0 Å². The van der Waals surface area contributed by atoms with Crippen LogP contribution in [0.5, 0.6) is 0 Å². The van der Waals surface area contributed by atoms with E-state index in [1.165, 1.54) is 0 Å². The molecule has 0 aliphatic rings. The fourth-order valence-corrected chi connectivity index (χ4v) is 1.57. The zero-order chi connectivity index (χ0) is 11.5. The lowest BCUT2D eigenvalue weighted by molar-refractivity contribution is 1.09. The minimum atomic E-state index is 0.576. The maximum absolute atomic E-state index is 5.41. The Balaban J connectivity index is 2.63. The second kappa shape index (κ2) is 4.30. The second-order valence-corrected chi connectivity index (χ2v) is 3.38. The third-order valence-corrected chi connectivity index (χ3v) is 2.42. The Morgan fingerprint density at radius 2 is 2.00 bits per heavy atom. The molecule has 0 aliphatic carbocycles. The predicted octanol–water partition coefficient (Wildman–Crippen LogP) is 0.763. The van der Waals surface area contributed by atoms with Crippen LogP contribution >= 0.6 is 0 Å². The van der Waals surface area contributed by atoms with E-state index in [0.717, 1.165) is 17.4 Å². The van der Waals surface area contributed by atoms with Gasteiger partial charge >= 0.3 is 0 Å². The van der Waals surface area contributed by atoms with E-state index in [1.807, 2.05) is 19.1 Å². The summed E-state index contributed by atoms with van der Waals surface area (Å²) in [5.74, 6) is 11.9.